The van der Waals surface area contributed by atoms with E-state index < -0.39 is 0 Å². The molecule has 9 nitrogen and oxygen atoms in total. The van der Waals surface area contributed by atoms with Crippen molar-refractivity contribution in [3.05, 3.63) is 46.7 Å². The maximum Gasteiger partial charge on any atom is 0.251 e. The molecule has 0 bridgehead atoms. The van der Waals surface area contributed by atoms with Gasteiger partial charge < -0.3 is 9.88 Å². The van der Waals surface area contributed by atoms with E-state index in [-0.39, 0.29) is 29.5 Å². The number of hydrogen-bond donors (Lipinski definition) is 2. The number of nitrogens with one attached hydrogen (secondary N) is 2. The second-order valence-electron chi connectivity index (χ2n) is 6.92. The molecule has 0 aliphatic carbocycles. The molecule has 2 heterocycles. The Hall–Kier alpha value is -2.79. The van der Waals surface area contributed by atoms with Gasteiger partial charge in [-0.05, 0) is 25.0 Å². The molecule has 2 N–H and O–H groups in total. The predicted octanol–water partition coefficient (Wildman–Crippen LogP) is 2.83. The van der Waals surface area contributed by atoms with Gasteiger partial charge in [-0.3, -0.25) is 14.9 Å². The first kappa shape index (κ1) is 21.9. The van der Waals surface area contributed by atoms with Crippen LogP contribution in [-0.2, 0) is 11.8 Å². The van der Waals surface area contributed by atoms with E-state index in [0.717, 1.165) is 5.01 Å². The lowest BCUT2D eigenvalue weighted by Gasteiger charge is -2.21. The van der Waals surface area contributed by atoms with E-state index in [0.29, 0.717) is 21.7 Å². The Morgan fingerprint density at radius 3 is 2.50 bits per heavy atom. The number of aryl methyl sites for hydroxylation is 1. The fraction of sp³-hybridized carbons (Fsp3) is 0.368. The van der Waals surface area contributed by atoms with Gasteiger partial charge in [-0.25, -0.2) is 0 Å². The monoisotopic (exact) mass is 445 g/mol. The third-order valence-electron chi connectivity index (χ3n) is 4.24. The van der Waals surface area contributed by atoms with Crippen molar-refractivity contribution in [1.29, 1.82) is 0 Å². The van der Waals surface area contributed by atoms with Gasteiger partial charge in [-0.1, -0.05) is 55.1 Å². The summed E-state index contributed by atoms with van der Waals surface area (Å²) >= 11 is 2.59. The zero-order chi connectivity index (χ0) is 21.7. The molecule has 0 saturated heterocycles. The first-order valence-corrected chi connectivity index (χ1v) is 11.1. The summed E-state index contributed by atoms with van der Waals surface area (Å²) in [5.41, 5.74) is 0.587. The topological polar surface area (TPSA) is 115 Å². The van der Waals surface area contributed by atoms with Crippen LogP contribution < -0.4 is 10.6 Å². The van der Waals surface area contributed by atoms with Crippen LogP contribution in [0.5, 0.6) is 0 Å². The van der Waals surface area contributed by atoms with Gasteiger partial charge in [0.15, 0.2) is 11.0 Å². The Bertz CT molecular complexity index is 1020. The van der Waals surface area contributed by atoms with Gasteiger partial charge in [0, 0.05) is 12.6 Å². The van der Waals surface area contributed by atoms with Gasteiger partial charge in [0.25, 0.3) is 5.91 Å². The number of thioether (sulfide) groups is 1. The van der Waals surface area contributed by atoms with Crippen LogP contribution in [0.15, 0.2) is 35.5 Å². The van der Waals surface area contributed by atoms with Gasteiger partial charge in [0.1, 0.15) is 5.01 Å². The highest BCUT2D eigenvalue weighted by molar-refractivity contribution is 7.99. The van der Waals surface area contributed by atoms with Crippen LogP contribution in [0.25, 0.3) is 0 Å². The molecule has 1 unspecified atom stereocenters. The molecule has 158 valence electrons. The molecule has 2 amide bonds. The summed E-state index contributed by atoms with van der Waals surface area (Å²) in [6, 6.07) is 8.73. The minimum atomic E-state index is -0.317. The van der Waals surface area contributed by atoms with Gasteiger partial charge >= 0.3 is 0 Å². The van der Waals surface area contributed by atoms with Crippen LogP contribution in [0.3, 0.4) is 0 Å². The van der Waals surface area contributed by atoms with E-state index in [1.54, 1.807) is 12.1 Å². The van der Waals surface area contributed by atoms with Gasteiger partial charge in [-0.15, -0.1) is 20.4 Å². The van der Waals surface area contributed by atoms with Gasteiger partial charge in [0.05, 0.1) is 11.8 Å². The molecule has 1 atom stereocenters. The standard InChI is InChI=1S/C19H23N7O2S2/c1-11(2)15(21-17(28)13-8-6-5-7-9-13)16-23-25-19(26(16)4)29-10-14(27)20-18-24-22-12(3)30-18/h5-9,11,15H,10H2,1-4H3,(H,21,28)(H,20,24,27). The van der Waals surface area contributed by atoms with Crippen LogP contribution >= 0.6 is 23.1 Å². The van der Waals surface area contributed by atoms with Crippen LogP contribution in [0.1, 0.15) is 41.1 Å². The fourth-order valence-corrected chi connectivity index (χ4v) is 4.02. The molecule has 0 spiro atoms. The summed E-state index contributed by atoms with van der Waals surface area (Å²) in [5, 5.41) is 23.8. The average Bonchev–Trinajstić information content (AvgIpc) is 3.30. The predicted molar refractivity (Wildman–Crippen MR) is 116 cm³/mol. The Morgan fingerprint density at radius 1 is 1.13 bits per heavy atom. The van der Waals surface area contributed by atoms with Crippen molar-refractivity contribution in [2.24, 2.45) is 13.0 Å². The first-order valence-electron chi connectivity index (χ1n) is 9.33. The van der Waals surface area contributed by atoms with Crippen molar-refractivity contribution in [2.45, 2.75) is 32.0 Å². The van der Waals surface area contributed by atoms with Crippen molar-refractivity contribution in [2.75, 3.05) is 11.1 Å². The number of amides is 2. The quantitative estimate of drug-likeness (QED) is 0.512. The van der Waals surface area contributed by atoms with Crippen LogP contribution in [0.2, 0.25) is 0 Å². The first-order chi connectivity index (χ1) is 14.3. The summed E-state index contributed by atoms with van der Waals surface area (Å²) in [7, 11) is 1.83. The molecule has 3 aromatic rings. The highest BCUT2D eigenvalue weighted by atomic mass is 32.2. The Balaban J connectivity index is 1.65. The number of benzene rings is 1. The molecule has 30 heavy (non-hydrogen) atoms. The normalized spacial score (nSPS) is 12.0. The number of hydrogen-bond acceptors (Lipinski definition) is 8. The molecule has 0 aliphatic heterocycles. The zero-order valence-electron chi connectivity index (χ0n) is 17.1. The Kier molecular flexibility index (Phi) is 7.16. The molecule has 1 aromatic carbocycles. The molecule has 0 fully saturated rings. The molecule has 0 radical (unpaired) electrons. The lowest BCUT2D eigenvalue weighted by atomic mass is 10.0. The number of carbonyl (C=O) groups is 2. The van der Waals surface area contributed by atoms with Crippen molar-refractivity contribution >= 4 is 40.0 Å². The highest BCUT2D eigenvalue weighted by Gasteiger charge is 2.25. The second kappa shape index (κ2) is 9.81. The molecule has 0 saturated carbocycles. The Morgan fingerprint density at radius 2 is 1.87 bits per heavy atom. The fourth-order valence-electron chi connectivity index (χ4n) is 2.70. The third-order valence-corrected chi connectivity index (χ3v) is 6.02. The van der Waals surface area contributed by atoms with Crippen LogP contribution in [-0.4, -0.2) is 42.5 Å². The van der Waals surface area contributed by atoms with Crippen molar-refractivity contribution in [3.8, 4) is 0 Å². The maximum absolute atomic E-state index is 12.6. The van der Waals surface area contributed by atoms with E-state index in [9.17, 15) is 9.59 Å². The molecule has 0 aliphatic rings. The minimum absolute atomic E-state index is 0.0994. The number of nitrogens with zero attached hydrogens (tertiary/aromatic N) is 5. The summed E-state index contributed by atoms with van der Waals surface area (Å²) in [6.45, 7) is 5.84. The van der Waals surface area contributed by atoms with Crippen LogP contribution in [0, 0.1) is 12.8 Å². The largest absolute Gasteiger partial charge is 0.342 e. The van der Waals surface area contributed by atoms with E-state index in [4.69, 9.17) is 0 Å². The van der Waals surface area contributed by atoms with Crippen molar-refractivity contribution in [1.82, 2.24) is 30.3 Å². The summed E-state index contributed by atoms with van der Waals surface area (Å²) in [5.74, 6) is 0.531. The van der Waals surface area contributed by atoms with E-state index >= 15 is 0 Å². The Labute approximate surface area is 182 Å². The van der Waals surface area contributed by atoms with E-state index in [1.165, 1.54) is 23.1 Å². The summed E-state index contributed by atoms with van der Waals surface area (Å²) in [6.07, 6.45) is 0. The number of carbonyl (C=O) groups excluding carboxylic acids is 2. The molecule has 2 aromatic heterocycles. The molecular weight excluding hydrogens is 422 g/mol. The van der Waals surface area contributed by atoms with Crippen molar-refractivity contribution < 1.29 is 9.59 Å². The lowest BCUT2D eigenvalue weighted by molar-refractivity contribution is -0.113. The zero-order valence-corrected chi connectivity index (χ0v) is 18.8. The maximum atomic E-state index is 12.6. The smallest absolute Gasteiger partial charge is 0.251 e. The number of aromatic nitrogens is 5. The van der Waals surface area contributed by atoms with Gasteiger partial charge in [-0.2, -0.15) is 0 Å². The number of rotatable bonds is 8. The third kappa shape index (κ3) is 5.42. The molecular formula is C19H23N7O2S2. The van der Waals surface area contributed by atoms with Crippen LogP contribution in [0.4, 0.5) is 5.13 Å². The SMILES string of the molecule is Cc1nnc(NC(=O)CSc2nnc(C(NC(=O)c3ccccc3)C(C)C)n2C)s1. The second-order valence-corrected chi connectivity index (χ2v) is 9.05. The van der Waals surface area contributed by atoms with E-state index in [2.05, 4.69) is 31.0 Å². The minimum Gasteiger partial charge on any atom is -0.342 e. The summed E-state index contributed by atoms with van der Waals surface area (Å²) < 4.78 is 1.81. The molecule has 3 rings (SSSR count). The number of anilines is 1. The van der Waals surface area contributed by atoms with Gasteiger partial charge in [0.2, 0.25) is 11.0 Å². The average molecular weight is 446 g/mol. The summed E-state index contributed by atoms with van der Waals surface area (Å²) in [4.78, 5) is 24.8. The highest BCUT2D eigenvalue weighted by Crippen LogP contribution is 2.24. The lowest BCUT2D eigenvalue weighted by Crippen LogP contribution is -2.33. The van der Waals surface area contributed by atoms with E-state index in [1.807, 2.05) is 50.6 Å². The molecule has 11 heteroatoms. The van der Waals surface area contributed by atoms with Crippen molar-refractivity contribution in [3.63, 3.8) is 0 Å².